The number of rotatable bonds is 8. The average Bonchev–Trinajstić information content (AvgIpc) is 3.42. The molecule has 4 aliphatic rings. The molecule has 0 bridgehead atoms. The van der Waals surface area contributed by atoms with Crippen LogP contribution in [-0.2, 0) is 11.8 Å². The highest BCUT2D eigenvalue weighted by molar-refractivity contribution is 5.38. The number of allylic oxidation sites excluding steroid dienone is 4. The molecule has 7 atom stereocenters. The molecule has 4 fully saturated rings. The van der Waals surface area contributed by atoms with Crippen LogP contribution in [0.1, 0.15) is 96.6 Å². The van der Waals surface area contributed by atoms with Crippen molar-refractivity contribution in [1.82, 2.24) is 4.98 Å². The van der Waals surface area contributed by atoms with Crippen LogP contribution < -0.4 is 0 Å². The number of aliphatic hydroxyl groups excluding tert-OH is 3. The first-order valence-corrected chi connectivity index (χ1v) is 14.9. The predicted molar refractivity (Wildman–Crippen MR) is 150 cm³/mol. The zero-order valence-corrected chi connectivity index (χ0v) is 23.5. The van der Waals surface area contributed by atoms with Gasteiger partial charge in [0.05, 0.1) is 29.9 Å². The third-order valence-corrected chi connectivity index (χ3v) is 10.4. The van der Waals surface area contributed by atoms with Crippen LogP contribution in [0.3, 0.4) is 0 Å². The van der Waals surface area contributed by atoms with Gasteiger partial charge in [0.2, 0.25) is 5.89 Å². The molecule has 1 aromatic rings. The van der Waals surface area contributed by atoms with Gasteiger partial charge in [-0.2, -0.15) is 0 Å². The molecular weight excluding hydrogens is 474 g/mol. The van der Waals surface area contributed by atoms with E-state index in [9.17, 15) is 15.3 Å². The molecule has 0 radical (unpaired) electrons. The highest BCUT2D eigenvalue weighted by Crippen LogP contribution is 2.60. The monoisotopic (exact) mass is 521 g/mol. The van der Waals surface area contributed by atoms with Gasteiger partial charge in [0.1, 0.15) is 5.76 Å². The van der Waals surface area contributed by atoms with Crippen LogP contribution in [0, 0.1) is 23.2 Å². The molecule has 0 amide bonds. The number of hydrogen-bond acceptors (Lipinski definition) is 5. The van der Waals surface area contributed by atoms with E-state index < -0.39 is 18.3 Å². The number of aryl methyl sites for hydroxylation is 1. The molecule has 0 spiro atoms. The van der Waals surface area contributed by atoms with Crippen LogP contribution in [0.4, 0.5) is 0 Å². The van der Waals surface area contributed by atoms with E-state index in [0.717, 1.165) is 49.0 Å². The molecule has 0 aliphatic heterocycles. The molecule has 4 saturated carbocycles. The van der Waals surface area contributed by atoms with Crippen LogP contribution in [0.2, 0.25) is 0 Å². The lowest BCUT2D eigenvalue weighted by Crippen LogP contribution is -2.35. The fourth-order valence-electron chi connectivity index (χ4n) is 7.88. The summed E-state index contributed by atoms with van der Waals surface area (Å²) in [7, 11) is 0. The van der Waals surface area contributed by atoms with E-state index in [1.54, 1.807) is 0 Å². The predicted octanol–water partition coefficient (Wildman–Crippen LogP) is 6.35. The van der Waals surface area contributed by atoms with Crippen molar-refractivity contribution < 1.29 is 19.7 Å². The van der Waals surface area contributed by atoms with Crippen molar-refractivity contribution in [3.05, 3.63) is 65.5 Å². The average molecular weight is 522 g/mol. The van der Waals surface area contributed by atoms with Crippen molar-refractivity contribution in [1.29, 1.82) is 0 Å². The molecule has 1 heterocycles. The fraction of sp³-hybridized carbons (Fsp3) is 0.667. The molecule has 38 heavy (non-hydrogen) atoms. The fourth-order valence-corrected chi connectivity index (χ4v) is 7.88. The molecule has 3 N–H and O–H groups in total. The van der Waals surface area contributed by atoms with E-state index >= 15 is 0 Å². The Morgan fingerprint density at radius 2 is 1.97 bits per heavy atom. The zero-order chi connectivity index (χ0) is 27.1. The van der Waals surface area contributed by atoms with E-state index in [0.29, 0.717) is 36.5 Å². The van der Waals surface area contributed by atoms with Gasteiger partial charge >= 0.3 is 0 Å². The largest absolute Gasteiger partial charge is 0.445 e. The maximum atomic E-state index is 11.2. The van der Waals surface area contributed by atoms with Crippen molar-refractivity contribution in [2.75, 3.05) is 0 Å². The summed E-state index contributed by atoms with van der Waals surface area (Å²) in [6, 6.07) is 0. The quantitative estimate of drug-likeness (QED) is 0.347. The van der Waals surface area contributed by atoms with Gasteiger partial charge in [-0.05, 0) is 92.1 Å². The summed E-state index contributed by atoms with van der Waals surface area (Å²) >= 11 is 0. The number of oxazole rings is 1. The summed E-state index contributed by atoms with van der Waals surface area (Å²) in [5.74, 6) is 3.14. The molecule has 208 valence electrons. The zero-order valence-electron chi connectivity index (χ0n) is 23.5. The molecule has 5 rings (SSSR count). The van der Waals surface area contributed by atoms with Crippen LogP contribution >= 0.6 is 0 Å². The highest BCUT2D eigenvalue weighted by Gasteiger charge is 2.54. The van der Waals surface area contributed by atoms with Gasteiger partial charge in [-0.25, -0.2) is 4.98 Å². The van der Waals surface area contributed by atoms with Crippen LogP contribution in [-0.4, -0.2) is 38.6 Å². The summed E-state index contributed by atoms with van der Waals surface area (Å²) in [5.41, 5.74) is 3.15. The van der Waals surface area contributed by atoms with E-state index in [2.05, 4.69) is 50.6 Å². The van der Waals surface area contributed by atoms with Crippen LogP contribution in [0.25, 0.3) is 0 Å². The van der Waals surface area contributed by atoms with Gasteiger partial charge in [0.25, 0.3) is 0 Å². The van der Waals surface area contributed by atoms with Crippen molar-refractivity contribution >= 4 is 0 Å². The number of nitrogens with zero attached hydrogens (tertiary/aromatic N) is 1. The van der Waals surface area contributed by atoms with Crippen molar-refractivity contribution in [3.63, 3.8) is 0 Å². The maximum absolute atomic E-state index is 11.2. The standard InChI is InChI=1S/C33H47NO4/c1-5-7-26-20-34-31(38-26)33(16-17-33)30(37)14-9-21(2)27-12-13-28-23(8-6-15-32(27,28)4)10-11-24-18-25(35)19-29(36)22(24)3/h9-11,14,20-21,25,27-30,35-37H,3,5-8,12-13,15-19H2,1-2,4H3/b14-9+,23-10+,24-11-/t21-,25-,27-,28+,29+,30-,32-/m1/s1. The van der Waals surface area contributed by atoms with Gasteiger partial charge in [-0.3, -0.25) is 0 Å². The van der Waals surface area contributed by atoms with Crippen molar-refractivity contribution in [2.24, 2.45) is 23.2 Å². The topological polar surface area (TPSA) is 86.7 Å². The minimum Gasteiger partial charge on any atom is -0.445 e. The number of fused-ring (bicyclic) bond motifs is 1. The molecule has 5 heteroatoms. The van der Waals surface area contributed by atoms with Gasteiger partial charge in [0.15, 0.2) is 0 Å². The summed E-state index contributed by atoms with van der Waals surface area (Å²) in [6.45, 7) is 11.0. The van der Waals surface area contributed by atoms with Crippen LogP contribution in [0.15, 0.2) is 58.2 Å². The van der Waals surface area contributed by atoms with E-state index in [1.165, 1.54) is 31.3 Å². The summed E-state index contributed by atoms with van der Waals surface area (Å²) in [6.07, 6.45) is 19.5. The van der Waals surface area contributed by atoms with Crippen molar-refractivity contribution in [3.8, 4) is 0 Å². The Labute approximate surface area is 228 Å². The molecular formula is C33H47NO4. The summed E-state index contributed by atoms with van der Waals surface area (Å²) < 4.78 is 6.01. The molecule has 0 unspecified atom stereocenters. The minimum atomic E-state index is -0.643. The van der Waals surface area contributed by atoms with Gasteiger partial charge < -0.3 is 19.7 Å². The first kappa shape index (κ1) is 27.6. The minimum absolute atomic E-state index is 0.245. The smallest absolute Gasteiger partial charge is 0.203 e. The van der Waals surface area contributed by atoms with Crippen molar-refractivity contribution in [2.45, 2.75) is 115 Å². The molecule has 0 saturated heterocycles. The third kappa shape index (κ3) is 5.14. The Kier molecular flexibility index (Phi) is 7.92. The lowest BCUT2D eigenvalue weighted by Gasteiger charge is -2.44. The third-order valence-electron chi connectivity index (χ3n) is 10.4. The Morgan fingerprint density at radius 3 is 2.71 bits per heavy atom. The Bertz CT molecular complexity index is 1110. The van der Waals surface area contributed by atoms with Gasteiger partial charge in [0, 0.05) is 12.8 Å². The second-order valence-corrected chi connectivity index (χ2v) is 12.9. The lowest BCUT2D eigenvalue weighted by molar-refractivity contribution is 0.0862. The second-order valence-electron chi connectivity index (χ2n) is 12.9. The Morgan fingerprint density at radius 1 is 1.18 bits per heavy atom. The summed E-state index contributed by atoms with van der Waals surface area (Å²) in [5, 5.41) is 31.5. The highest BCUT2D eigenvalue weighted by atomic mass is 16.4. The van der Waals surface area contributed by atoms with Crippen LogP contribution in [0.5, 0.6) is 0 Å². The Hall–Kier alpha value is -1.95. The first-order chi connectivity index (χ1) is 18.2. The Balaban J connectivity index is 1.27. The number of aliphatic hydroxyl groups is 3. The normalized spacial score (nSPS) is 36.6. The molecule has 0 aromatic carbocycles. The SMILES string of the molecule is C=C1/C(=C\C=C2/CCC[C@]3(C)[C@@H]([C@H](C)/C=C/[C@@H](O)C4(c5ncc(CCC)o5)CC4)CC[C@@H]23)C[C@@H](O)C[C@@H]1O. The van der Waals surface area contributed by atoms with Gasteiger partial charge in [-0.1, -0.05) is 57.2 Å². The maximum Gasteiger partial charge on any atom is 0.203 e. The van der Waals surface area contributed by atoms with Gasteiger partial charge in [-0.15, -0.1) is 0 Å². The molecule has 1 aromatic heterocycles. The number of hydrogen-bond donors (Lipinski definition) is 3. The number of aromatic nitrogens is 1. The van der Waals surface area contributed by atoms with E-state index in [4.69, 9.17) is 4.42 Å². The lowest BCUT2D eigenvalue weighted by atomic mass is 9.61. The first-order valence-electron chi connectivity index (χ1n) is 14.9. The summed E-state index contributed by atoms with van der Waals surface area (Å²) in [4.78, 5) is 4.53. The van der Waals surface area contributed by atoms with E-state index in [-0.39, 0.29) is 10.8 Å². The molecule has 5 nitrogen and oxygen atoms in total. The molecule has 4 aliphatic carbocycles. The second kappa shape index (κ2) is 10.9. The van der Waals surface area contributed by atoms with E-state index in [1.807, 2.05) is 12.3 Å².